The van der Waals surface area contributed by atoms with Crippen LogP contribution in [-0.4, -0.2) is 51.2 Å². The predicted octanol–water partition coefficient (Wildman–Crippen LogP) is 0.194. The van der Waals surface area contributed by atoms with E-state index in [1.165, 1.54) is 0 Å². The fourth-order valence-corrected chi connectivity index (χ4v) is 2.89. The molecule has 2 atom stereocenters. The summed E-state index contributed by atoms with van der Waals surface area (Å²) in [6, 6.07) is 0.325. The highest BCUT2D eigenvalue weighted by molar-refractivity contribution is 5.82. The Kier molecular flexibility index (Phi) is 3.27. The largest absolute Gasteiger partial charge is 0.339 e. The average molecular weight is 249 g/mol. The molecule has 0 aromatic carbocycles. The van der Waals surface area contributed by atoms with E-state index < -0.39 is 0 Å². The number of piperidine rings is 1. The topological polar surface area (TPSA) is 63.1 Å². The van der Waals surface area contributed by atoms with Crippen molar-refractivity contribution < 1.29 is 4.79 Å². The molecule has 0 saturated carbocycles. The second kappa shape index (κ2) is 5.06. The summed E-state index contributed by atoms with van der Waals surface area (Å²) in [6.07, 6.45) is 7.50. The van der Waals surface area contributed by atoms with Gasteiger partial charge in [-0.2, -0.15) is 5.10 Å². The molecule has 0 aliphatic carbocycles. The molecule has 18 heavy (non-hydrogen) atoms. The molecular weight excluding hydrogens is 230 g/mol. The standard InChI is InChI=1S/C12H19N5O/c18-12(11-4-1-5-14-11)16-6-2-3-10(7-16)17-9-13-8-15-17/h8-11,14H,1-7H2. The van der Waals surface area contributed by atoms with E-state index in [1.807, 2.05) is 9.58 Å². The molecule has 1 aromatic rings. The first kappa shape index (κ1) is 11.6. The van der Waals surface area contributed by atoms with Gasteiger partial charge in [-0.3, -0.25) is 4.79 Å². The van der Waals surface area contributed by atoms with Crippen LogP contribution in [-0.2, 0) is 4.79 Å². The zero-order valence-corrected chi connectivity index (χ0v) is 10.5. The molecule has 3 heterocycles. The van der Waals surface area contributed by atoms with Crippen LogP contribution in [0.15, 0.2) is 12.7 Å². The number of hydrogen-bond donors (Lipinski definition) is 1. The van der Waals surface area contributed by atoms with Crippen molar-refractivity contribution in [3.8, 4) is 0 Å². The number of rotatable bonds is 2. The molecule has 6 nitrogen and oxygen atoms in total. The van der Waals surface area contributed by atoms with Gasteiger partial charge in [-0.15, -0.1) is 0 Å². The Morgan fingerprint density at radius 3 is 3.00 bits per heavy atom. The molecule has 1 amide bonds. The van der Waals surface area contributed by atoms with Gasteiger partial charge >= 0.3 is 0 Å². The SMILES string of the molecule is O=C(C1CCCN1)N1CCCC(n2cncn2)C1. The van der Waals surface area contributed by atoms with E-state index in [9.17, 15) is 4.79 Å². The molecule has 1 aromatic heterocycles. The van der Waals surface area contributed by atoms with Gasteiger partial charge in [0.1, 0.15) is 12.7 Å². The van der Waals surface area contributed by atoms with Gasteiger partial charge in [0.05, 0.1) is 12.1 Å². The van der Waals surface area contributed by atoms with Gasteiger partial charge in [-0.1, -0.05) is 0 Å². The first-order chi connectivity index (χ1) is 8.84. The quantitative estimate of drug-likeness (QED) is 0.813. The maximum Gasteiger partial charge on any atom is 0.239 e. The van der Waals surface area contributed by atoms with Crippen LogP contribution in [0, 0.1) is 0 Å². The third kappa shape index (κ3) is 2.25. The molecule has 0 radical (unpaired) electrons. The van der Waals surface area contributed by atoms with Gasteiger partial charge in [-0.05, 0) is 32.2 Å². The van der Waals surface area contributed by atoms with Crippen LogP contribution in [0.25, 0.3) is 0 Å². The first-order valence-corrected chi connectivity index (χ1v) is 6.71. The number of amides is 1. The lowest BCUT2D eigenvalue weighted by atomic mass is 10.0. The molecule has 0 bridgehead atoms. The fourth-order valence-electron chi connectivity index (χ4n) is 2.89. The Bertz CT molecular complexity index is 399. The number of aromatic nitrogens is 3. The van der Waals surface area contributed by atoms with Crippen LogP contribution in [0.1, 0.15) is 31.7 Å². The summed E-state index contributed by atoms with van der Waals surface area (Å²) in [6.45, 7) is 2.61. The molecule has 0 spiro atoms. The van der Waals surface area contributed by atoms with Gasteiger partial charge in [0.2, 0.25) is 5.91 Å². The van der Waals surface area contributed by atoms with Crippen molar-refractivity contribution in [2.24, 2.45) is 0 Å². The normalized spacial score (nSPS) is 28.6. The van der Waals surface area contributed by atoms with E-state index in [0.717, 1.165) is 45.3 Å². The molecule has 6 heteroatoms. The number of nitrogens with one attached hydrogen (secondary N) is 1. The summed E-state index contributed by atoms with van der Waals surface area (Å²) in [5, 5.41) is 7.46. The van der Waals surface area contributed by atoms with Crippen molar-refractivity contribution in [1.29, 1.82) is 0 Å². The highest BCUT2D eigenvalue weighted by atomic mass is 16.2. The summed E-state index contributed by atoms with van der Waals surface area (Å²) < 4.78 is 1.88. The Labute approximate surface area is 106 Å². The molecule has 2 aliphatic heterocycles. The van der Waals surface area contributed by atoms with Gasteiger partial charge < -0.3 is 10.2 Å². The van der Waals surface area contributed by atoms with E-state index in [1.54, 1.807) is 12.7 Å². The number of carbonyl (C=O) groups excluding carboxylic acids is 1. The molecule has 2 saturated heterocycles. The predicted molar refractivity (Wildman–Crippen MR) is 65.9 cm³/mol. The Hall–Kier alpha value is -1.43. The van der Waals surface area contributed by atoms with E-state index in [2.05, 4.69) is 15.4 Å². The van der Waals surface area contributed by atoms with Crippen LogP contribution in [0.5, 0.6) is 0 Å². The lowest BCUT2D eigenvalue weighted by Gasteiger charge is -2.34. The Morgan fingerprint density at radius 2 is 2.28 bits per heavy atom. The summed E-state index contributed by atoms with van der Waals surface area (Å²) >= 11 is 0. The van der Waals surface area contributed by atoms with Gasteiger partial charge in [0, 0.05) is 13.1 Å². The number of nitrogens with zero attached hydrogens (tertiary/aromatic N) is 4. The van der Waals surface area contributed by atoms with Crippen LogP contribution in [0.4, 0.5) is 0 Å². The molecule has 98 valence electrons. The van der Waals surface area contributed by atoms with E-state index in [4.69, 9.17) is 0 Å². The molecule has 3 rings (SSSR count). The number of hydrogen-bond acceptors (Lipinski definition) is 4. The Morgan fingerprint density at radius 1 is 1.33 bits per heavy atom. The van der Waals surface area contributed by atoms with Crippen molar-refractivity contribution in [2.75, 3.05) is 19.6 Å². The zero-order valence-electron chi connectivity index (χ0n) is 10.5. The highest BCUT2D eigenvalue weighted by Crippen LogP contribution is 2.21. The van der Waals surface area contributed by atoms with Gasteiger partial charge in [0.15, 0.2) is 0 Å². The molecule has 2 fully saturated rings. The van der Waals surface area contributed by atoms with Crippen LogP contribution in [0.2, 0.25) is 0 Å². The summed E-state index contributed by atoms with van der Waals surface area (Å²) in [7, 11) is 0. The lowest BCUT2D eigenvalue weighted by molar-refractivity contribution is -0.134. The zero-order chi connectivity index (χ0) is 12.4. The number of likely N-dealkylation sites (tertiary alicyclic amines) is 1. The third-order valence-electron chi connectivity index (χ3n) is 3.88. The van der Waals surface area contributed by atoms with E-state index in [-0.39, 0.29) is 18.0 Å². The minimum atomic E-state index is 0.0412. The van der Waals surface area contributed by atoms with Crippen molar-refractivity contribution in [1.82, 2.24) is 25.0 Å². The maximum absolute atomic E-state index is 12.3. The summed E-state index contributed by atoms with van der Waals surface area (Å²) in [5.41, 5.74) is 0. The van der Waals surface area contributed by atoms with Gasteiger partial charge in [0.25, 0.3) is 0 Å². The van der Waals surface area contributed by atoms with Crippen molar-refractivity contribution in [3.05, 3.63) is 12.7 Å². The third-order valence-corrected chi connectivity index (χ3v) is 3.88. The lowest BCUT2D eigenvalue weighted by Crippen LogP contribution is -2.48. The Balaban J connectivity index is 1.64. The smallest absolute Gasteiger partial charge is 0.239 e. The van der Waals surface area contributed by atoms with Crippen molar-refractivity contribution in [3.63, 3.8) is 0 Å². The van der Waals surface area contributed by atoms with Crippen LogP contribution >= 0.6 is 0 Å². The second-order valence-electron chi connectivity index (χ2n) is 5.10. The van der Waals surface area contributed by atoms with Crippen LogP contribution < -0.4 is 5.32 Å². The number of carbonyl (C=O) groups is 1. The maximum atomic E-state index is 12.3. The second-order valence-corrected chi connectivity index (χ2v) is 5.10. The first-order valence-electron chi connectivity index (χ1n) is 6.71. The average Bonchev–Trinajstić information content (AvgIpc) is 3.11. The minimum Gasteiger partial charge on any atom is -0.339 e. The minimum absolute atomic E-state index is 0.0412. The van der Waals surface area contributed by atoms with E-state index in [0.29, 0.717) is 0 Å². The molecular formula is C12H19N5O. The molecule has 2 aliphatic rings. The summed E-state index contributed by atoms with van der Waals surface area (Å²) in [5.74, 6) is 0.261. The molecule has 2 unspecified atom stereocenters. The fraction of sp³-hybridized carbons (Fsp3) is 0.750. The van der Waals surface area contributed by atoms with Crippen molar-refractivity contribution in [2.45, 2.75) is 37.8 Å². The van der Waals surface area contributed by atoms with Crippen molar-refractivity contribution >= 4 is 5.91 Å². The summed E-state index contributed by atoms with van der Waals surface area (Å²) in [4.78, 5) is 18.3. The van der Waals surface area contributed by atoms with Crippen LogP contribution in [0.3, 0.4) is 0 Å². The molecule has 1 N–H and O–H groups in total. The monoisotopic (exact) mass is 249 g/mol. The van der Waals surface area contributed by atoms with E-state index >= 15 is 0 Å². The van der Waals surface area contributed by atoms with Gasteiger partial charge in [-0.25, -0.2) is 9.67 Å². The highest BCUT2D eigenvalue weighted by Gasteiger charge is 2.31.